The lowest BCUT2D eigenvalue weighted by Gasteiger charge is -2.11. The number of nitrogens with one attached hydrogen (secondary N) is 1. The Morgan fingerprint density at radius 2 is 1.87 bits per heavy atom. The van der Waals surface area contributed by atoms with Crippen LogP contribution in [-0.4, -0.2) is 34.8 Å². The van der Waals surface area contributed by atoms with Gasteiger partial charge in [-0.1, -0.05) is 28.9 Å². The minimum Gasteiger partial charge on any atom is -0.493 e. The number of amides is 1. The van der Waals surface area contributed by atoms with Crippen molar-refractivity contribution in [2.45, 2.75) is 6.54 Å². The number of rotatable bonds is 6. The first-order valence-electron chi connectivity index (χ1n) is 9.13. The van der Waals surface area contributed by atoms with Crippen molar-refractivity contribution in [3.8, 4) is 22.8 Å². The lowest BCUT2D eigenvalue weighted by atomic mass is 10.1. The smallest absolute Gasteiger partial charge is 0.267 e. The highest BCUT2D eigenvalue weighted by Crippen LogP contribution is 2.30. The summed E-state index contributed by atoms with van der Waals surface area (Å²) in [4.78, 5) is 29.6. The van der Waals surface area contributed by atoms with Gasteiger partial charge >= 0.3 is 0 Å². The maximum Gasteiger partial charge on any atom is 0.267 e. The van der Waals surface area contributed by atoms with Crippen molar-refractivity contribution in [2.24, 2.45) is 0 Å². The molecule has 0 unspecified atom stereocenters. The average Bonchev–Trinajstić information content (AvgIpc) is 3.21. The number of hydrogen-bond acceptors (Lipinski definition) is 7. The van der Waals surface area contributed by atoms with Gasteiger partial charge in [0.1, 0.15) is 24.0 Å². The standard InChI is InChI=1S/C21H17ClN4O5/c1-29-15-8-7-14(9-16(15)30-2)24-17(27)10-26-11-23-20-18(21(26)28)19(25-31-20)12-3-5-13(22)6-4-12/h3-9,11H,10H2,1-2H3,(H,24,27). The first kappa shape index (κ1) is 20.4. The normalized spacial score (nSPS) is 10.8. The molecule has 4 aromatic rings. The van der Waals surface area contributed by atoms with E-state index in [1.54, 1.807) is 42.5 Å². The van der Waals surface area contributed by atoms with Crippen LogP contribution in [0.3, 0.4) is 0 Å². The number of aromatic nitrogens is 3. The third-order valence-electron chi connectivity index (χ3n) is 4.56. The van der Waals surface area contributed by atoms with Gasteiger partial charge in [-0.15, -0.1) is 0 Å². The molecule has 0 aliphatic carbocycles. The molecule has 1 amide bonds. The lowest BCUT2D eigenvalue weighted by Crippen LogP contribution is -2.27. The van der Waals surface area contributed by atoms with Crippen LogP contribution in [0.15, 0.2) is 58.1 Å². The van der Waals surface area contributed by atoms with Crippen molar-refractivity contribution < 1.29 is 18.8 Å². The molecule has 2 aromatic heterocycles. The van der Waals surface area contributed by atoms with Crippen molar-refractivity contribution in [2.75, 3.05) is 19.5 Å². The molecule has 0 bridgehead atoms. The molecule has 0 spiro atoms. The number of carbonyl (C=O) groups is 1. The Morgan fingerprint density at radius 3 is 2.58 bits per heavy atom. The summed E-state index contributed by atoms with van der Waals surface area (Å²) in [5.41, 5.74) is 1.12. The molecule has 1 N–H and O–H groups in total. The van der Waals surface area contributed by atoms with Crippen LogP contribution in [0.5, 0.6) is 11.5 Å². The summed E-state index contributed by atoms with van der Waals surface area (Å²) in [6.07, 6.45) is 1.25. The van der Waals surface area contributed by atoms with E-state index >= 15 is 0 Å². The van der Waals surface area contributed by atoms with Gasteiger partial charge in [-0.25, -0.2) is 4.98 Å². The van der Waals surface area contributed by atoms with Crippen LogP contribution in [-0.2, 0) is 11.3 Å². The Kier molecular flexibility index (Phi) is 5.59. The van der Waals surface area contributed by atoms with Gasteiger partial charge in [0.15, 0.2) is 11.5 Å². The van der Waals surface area contributed by atoms with E-state index in [-0.39, 0.29) is 17.6 Å². The summed E-state index contributed by atoms with van der Waals surface area (Å²) < 4.78 is 16.8. The number of halogens is 1. The predicted molar refractivity (Wildman–Crippen MR) is 115 cm³/mol. The van der Waals surface area contributed by atoms with Gasteiger partial charge in [0.05, 0.1) is 14.2 Å². The average molecular weight is 441 g/mol. The Balaban J connectivity index is 1.61. The highest BCUT2D eigenvalue weighted by Gasteiger charge is 2.18. The number of fused-ring (bicyclic) bond motifs is 1. The molecule has 2 heterocycles. The van der Waals surface area contributed by atoms with E-state index in [4.69, 9.17) is 25.6 Å². The molecule has 0 atom stereocenters. The second-order valence-electron chi connectivity index (χ2n) is 6.51. The van der Waals surface area contributed by atoms with E-state index < -0.39 is 11.5 Å². The third kappa shape index (κ3) is 4.08. The molecule has 4 rings (SSSR count). The maximum atomic E-state index is 13.0. The van der Waals surface area contributed by atoms with Crippen molar-refractivity contribution in [3.63, 3.8) is 0 Å². The van der Waals surface area contributed by atoms with Gasteiger partial charge in [0.25, 0.3) is 11.3 Å². The van der Waals surface area contributed by atoms with E-state index in [0.29, 0.717) is 33.5 Å². The van der Waals surface area contributed by atoms with E-state index in [1.165, 1.54) is 25.1 Å². The van der Waals surface area contributed by atoms with E-state index in [2.05, 4.69) is 15.5 Å². The monoisotopic (exact) mass is 440 g/mol. The molecule has 9 nitrogen and oxygen atoms in total. The second-order valence-corrected chi connectivity index (χ2v) is 6.95. The Morgan fingerprint density at radius 1 is 1.13 bits per heavy atom. The van der Waals surface area contributed by atoms with Crippen molar-refractivity contribution in [3.05, 3.63) is 64.2 Å². The van der Waals surface area contributed by atoms with Gasteiger partial charge in [-0.05, 0) is 24.3 Å². The number of hydrogen-bond donors (Lipinski definition) is 1. The van der Waals surface area contributed by atoms with Crippen molar-refractivity contribution in [1.29, 1.82) is 0 Å². The second kappa shape index (κ2) is 8.49. The number of carbonyl (C=O) groups excluding carboxylic acids is 1. The molecule has 0 aliphatic rings. The van der Waals surface area contributed by atoms with Gasteiger partial charge in [-0.2, -0.15) is 0 Å². The van der Waals surface area contributed by atoms with Crippen LogP contribution in [0.4, 0.5) is 5.69 Å². The molecule has 0 aliphatic heterocycles. The molecule has 31 heavy (non-hydrogen) atoms. The zero-order valence-electron chi connectivity index (χ0n) is 16.6. The minimum atomic E-state index is -0.446. The number of anilines is 1. The predicted octanol–water partition coefficient (Wildman–Crippen LogP) is 3.36. The fourth-order valence-corrected chi connectivity index (χ4v) is 3.19. The summed E-state index contributed by atoms with van der Waals surface area (Å²) in [7, 11) is 3.02. The molecule has 158 valence electrons. The molecule has 2 aromatic carbocycles. The third-order valence-corrected chi connectivity index (χ3v) is 4.81. The first-order chi connectivity index (χ1) is 15.0. The Hall–Kier alpha value is -3.85. The molecule has 0 radical (unpaired) electrons. The maximum absolute atomic E-state index is 13.0. The number of nitrogens with zero attached hydrogens (tertiary/aromatic N) is 3. The van der Waals surface area contributed by atoms with Gasteiger partial charge in [-0.3, -0.25) is 14.2 Å². The van der Waals surface area contributed by atoms with Gasteiger partial charge in [0.2, 0.25) is 5.91 Å². The van der Waals surface area contributed by atoms with E-state index in [9.17, 15) is 9.59 Å². The van der Waals surface area contributed by atoms with Crippen LogP contribution >= 0.6 is 11.6 Å². The summed E-state index contributed by atoms with van der Waals surface area (Å²) in [6, 6.07) is 11.8. The Bertz CT molecular complexity index is 1310. The number of ether oxygens (including phenoxy) is 2. The fourth-order valence-electron chi connectivity index (χ4n) is 3.07. The van der Waals surface area contributed by atoms with Crippen molar-refractivity contribution in [1.82, 2.24) is 14.7 Å². The van der Waals surface area contributed by atoms with E-state index in [1.807, 2.05) is 0 Å². The highest BCUT2D eigenvalue weighted by atomic mass is 35.5. The van der Waals surface area contributed by atoms with Crippen LogP contribution in [0, 0.1) is 0 Å². The highest BCUT2D eigenvalue weighted by molar-refractivity contribution is 6.30. The zero-order valence-corrected chi connectivity index (χ0v) is 17.3. The summed E-state index contributed by atoms with van der Waals surface area (Å²) in [5, 5.41) is 7.42. The van der Waals surface area contributed by atoms with Crippen LogP contribution < -0.4 is 20.3 Å². The van der Waals surface area contributed by atoms with Crippen LogP contribution in [0.25, 0.3) is 22.4 Å². The topological polar surface area (TPSA) is 108 Å². The largest absolute Gasteiger partial charge is 0.493 e. The quantitative estimate of drug-likeness (QED) is 0.489. The van der Waals surface area contributed by atoms with Gasteiger partial charge < -0.3 is 19.3 Å². The summed E-state index contributed by atoms with van der Waals surface area (Å²) in [6.45, 7) is -0.249. The molecule has 0 fully saturated rings. The van der Waals surface area contributed by atoms with Crippen LogP contribution in [0.2, 0.25) is 5.02 Å². The summed E-state index contributed by atoms with van der Waals surface area (Å²) >= 11 is 5.93. The zero-order chi connectivity index (χ0) is 22.0. The first-order valence-corrected chi connectivity index (χ1v) is 9.50. The lowest BCUT2D eigenvalue weighted by molar-refractivity contribution is -0.116. The molecular formula is C21H17ClN4O5. The SMILES string of the molecule is COc1ccc(NC(=O)Cn2cnc3onc(-c4ccc(Cl)cc4)c3c2=O)cc1OC. The van der Waals surface area contributed by atoms with Crippen LogP contribution in [0.1, 0.15) is 0 Å². The van der Waals surface area contributed by atoms with Crippen molar-refractivity contribution >= 4 is 34.3 Å². The Labute approximate surface area is 181 Å². The number of methoxy groups -OCH3 is 2. The molecule has 0 saturated heterocycles. The van der Waals surface area contributed by atoms with E-state index in [0.717, 1.165) is 0 Å². The minimum absolute atomic E-state index is 0.0894. The summed E-state index contributed by atoms with van der Waals surface area (Å²) in [5.74, 6) is 0.589. The number of benzene rings is 2. The molecule has 0 saturated carbocycles. The molecule has 10 heteroatoms. The molecular weight excluding hydrogens is 424 g/mol. The fraction of sp³-hybridized carbons (Fsp3) is 0.143. The van der Waals surface area contributed by atoms with Gasteiger partial charge in [0, 0.05) is 22.3 Å².